The lowest BCUT2D eigenvalue weighted by Crippen LogP contribution is -2.52. The van der Waals surface area contributed by atoms with E-state index >= 15 is 0 Å². The van der Waals surface area contributed by atoms with Gasteiger partial charge in [-0.2, -0.15) is 0 Å². The maximum Gasteiger partial charge on any atom is 0.337 e. The van der Waals surface area contributed by atoms with Crippen LogP contribution in [0.15, 0.2) is 41.6 Å². The largest absolute Gasteiger partial charge is 0.466 e. The van der Waals surface area contributed by atoms with E-state index in [-0.39, 0.29) is 18.0 Å². The minimum Gasteiger partial charge on any atom is -0.466 e. The monoisotopic (exact) mass is 328 g/mol. The van der Waals surface area contributed by atoms with Crippen molar-refractivity contribution in [2.75, 3.05) is 13.7 Å². The van der Waals surface area contributed by atoms with Gasteiger partial charge >= 0.3 is 12.0 Å². The summed E-state index contributed by atoms with van der Waals surface area (Å²) >= 11 is 0. The van der Waals surface area contributed by atoms with Crippen molar-refractivity contribution in [1.29, 1.82) is 0 Å². The molecule has 0 unspecified atom stereocenters. The number of methoxy groups -OCH3 is 1. The van der Waals surface area contributed by atoms with E-state index in [1.165, 1.54) is 12.7 Å². The van der Waals surface area contributed by atoms with Crippen LogP contribution < -0.4 is 5.32 Å². The number of allylic oxidation sites excluding steroid dienone is 1. The van der Waals surface area contributed by atoms with Gasteiger partial charge < -0.3 is 10.1 Å². The van der Waals surface area contributed by atoms with Gasteiger partial charge in [0.15, 0.2) is 0 Å². The molecule has 1 fully saturated rings. The van der Waals surface area contributed by atoms with Crippen molar-refractivity contribution in [3.8, 4) is 0 Å². The second kappa shape index (κ2) is 7.07. The first-order chi connectivity index (χ1) is 11.6. The van der Waals surface area contributed by atoms with E-state index in [4.69, 9.17) is 4.74 Å². The Morgan fingerprint density at radius 3 is 2.62 bits per heavy atom. The maximum atomic E-state index is 12.5. The lowest BCUT2D eigenvalue weighted by molar-refractivity contribution is -0.136. The van der Waals surface area contributed by atoms with Crippen molar-refractivity contribution < 1.29 is 14.3 Å². The number of hydrogen-bond donors (Lipinski definition) is 1. The number of hydrogen-bond acceptors (Lipinski definition) is 3. The molecule has 1 aromatic rings. The summed E-state index contributed by atoms with van der Waals surface area (Å²) in [6, 6.07) is 9.66. The average Bonchev–Trinajstić information content (AvgIpc) is 3.41. The van der Waals surface area contributed by atoms with Crippen molar-refractivity contribution in [3.05, 3.63) is 47.2 Å². The zero-order valence-corrected chi connectivity index (χ0v) is 14.2. The number of benzene rings is 1. The second-order valence-corrected chi connectivity index (χ2v) is 6.57. The van der Waals surface area contributed by atoms with Crippen molar-refractivity contribution in [3.63, 3.8) is 0 Å². The van der Waals surface area contributed by atoms with E-state index in [0.29, 0.717) is 24.5 Å². The number of aryl methyl sites for hydroxylation is 1. The highest BCUT2D eigenvalue weighted by Crippen LogP contribution is 2.33. The first kappa shape index (κ1) is 16.6. The lowest BCUT2D eigenvalue weighted by Gasteiger charge is -2.35. The molecule has 0 saturated heterocycles. The highest BCUT2D eigenvalue weighted by Gasteiger charge is 2.37. The number of rotatable bonds is 6. The van der Waals surface area contributed by atoms with Gasteiger partial charge in [0.25, 0.3) is 0 Å². The summed E-state index contributed by atoms with van der Waals surface area (Å²) in [5, 5.41) is 2.99. The highest BCUT2D eigenvalue weighted by atomic mass is 16.5. The van der Waals surface area contributed by atoms with Crippen LogP contribution >= 0.6 is 0 Å². The maximum absolute atomic E-state index is 12.5. The summed E-state index contributed by atoms with van der Waals surface area (Å²) in [4.78, 5) is 26.5. The molecule has 1 aromatic carbocycles. The number of nitrogens with zero attached hydrogens (tertiary/aromatic N) is 1. The molecule has 1 aliphatic heterocycles. The van der Waals surface area contributed by atoms with Crippen molar-refractivity contribution in [2.45, 2.75) is 38.6 Å². The van der Waals surface area contributed by atoms with Gasteiger partial charge in [-0.05, 0) is 44.1 Å². The van der Waals surface area contributed by atoms with Gasteiger partial charge in [-0.1, -0.05) is 30.3 Å². The zero-order chi connectivity index (χ0) is 17.1. The molecule has 0 bridgehead atoms. The Hall–Kier alpha value is -2.30. The van der Waals surface area contributed by atoms with Crippen LogP contribution in [0.5, 0.6) is 0 Å². The molecule has 2 amide bonds. The Morgan fingerprint density at radius 2 is 2.00 bits per heavy atom. The van der Waals surface area contributed by atoms with Crippen molar-refractivity contribution >= 4 is 12.0 Å². The molecule has 3 rings (SSSR count). The number of ether oxygens (including phenoxy) is 1. The molecule has 0 aromatic heterocycles. The summed E-state index contributed by atoms with van der Waals surface area (Å²) < 4.78 is 4.97. The fraction of sp³-hybridized carbons (Fsp3) is 0.474. The molecule has 1 saturated carbocycles. The predicted molar refractivity (Wildman–Crippen MR) is 91.2 cm³/mol. The number of urea groups is 1. The summed E-state index contributed by atoms with van der Waals surface area (Å²) in [5.74, 6) is 0.205. The van der Waals surface area contributed by atoms with E-state index in [1.54, 1.807) is 4.90 Å². The van der Waals surface area contributed by atoms with Gasteiger partial charge in [0.1, 0.15) is 0 Å². The number of carbonyl (C=O) groups is 2. The van der Waals surface area contributed by atoms with Crippen LogP contribution in [-0.2, 0) is 16.0 Å². The fourth-order valence-electron chi connectivity index (χ4n) is 3.20. The summed E-state index contributed by atoms with van der Waals surface area (Å²) in [7, 11) is 1.39. The van der Waals surface area contributed by atoms with E-state index < -0.39 is 0 Å². The normalized spacial score (nSPS) is 20.8. The molecule has 24 heavy (non-hydrogen) atoms. The molecule has 128 valence electrons. The standard InChI is InChI=1S/C19H24N2O3/c1-13-17(18(22)24-2)16(11-10-14-6-4-3-5-7-14)20-19(23)21(13)12-15-8-9-15/h3-7,15-16H,8-12H2,1-2H3,(H,20,23)/t16-/m0/s1. The SMILES string of the molecule is COC(=O)C1=C(C)N(CC2CC2)C(=O)N[C@H]1CCc1ccccc1. The summed E-state index contributed by atoms with van der Waals surface area (Å²) in [5.41, 5.74) is 2.50. The molecule has 2 aliphatic rings. The smallest absolute Gasteiger partial charge is 0.337 e. The molecule has 1 heterocycles. The Bertz CT molecular complexity index is 650. The molecule has 1 aliphatic carbocycles. The van der Waals surface area contributed by atoms with Gasteiger partial charge in [-0.3, -0.25) is 4.90 Å². The third-order valence-corrected chi connectivity index (χ3v) is 4.79. The molecular weight excluding hydrogens is 304 g/mol. The van der Waals surface area contributed by atoms with E-state index in [2.05, 4.69) is 17.4 Å². The lowest BCUT2D eigenvalue weighted by atomic mass is 9.95. The minimum atomic E-state index is -0.355. The van der Waals surface area contributed by atoms with Crippen LogP contribution in [0.25, 0.3) is 0 Å². The van der Waals surface area contributed by atoms with Crippen molar-refractivity contribution in [1.82, 2.24) is 10.2 Å². The topological polar surface area (TPSA) is 58.6 Å². The summed E-state index contributed by atoms with van der Waals surface area (Å²) in [6.45, 7) is 2.53. The number of esters is 1. The molecule has 1 atom stereocenters. The van der Waals surface area contributed by atoms with E-state index in [0.717, 1.165) is 25.0 Å². The van der Waals surface area contributed by atoms with Crippen molar-refractivity contribution in [2.24, 2.45) is 5.92 Å². The van der Waals surface area contributed by atoms with E-state index in [9.17, 15) is 9.59 Å². The average molecular weight is 328 g/mol. The van der Waals surface area contributed by atoms with Gasteiger partial charge in [0.2, 0.25) is 0 Å². The van der Waals surface area contributed by atoms with Crippen LogP contribution in [0.4, 0.5) is 4.79 Å². The zero-order valence-electron chi connectivity index (χ0n) is 14.2. The predicted octanol–water partition coefficient (Wildman–Crippen LogP) is 2.87. The second-order valence-electron chi connectivity index (χ2n) is 6.57. The fourth-order valence-corrected chi connectivity index (χ4v) is 3.20. The van der Waals surface area contributed by atoms with Gasteiger partial charge in [-0.25, -0.2) is 9.59 Å². The Balaban J connectivity index is 1.79. The van der Waals surface area contributed by atoms with Crippen LogP contribution in [0, 0.1) is 5.92 Å². The number of carbonyl (C=O) groups excluding carboxylic acids is 2. The minimum absolute atomic E-state index is 0.106. The molecule has 0 radical (unpaired) electrons. The van der Waals surface area contributed by atoms with Crippen LogP contribution in [0.3, 0.4) is 0 Å². The molecule has 5 heteroatoms. The highest BCUT2D eigenvalue weighted by molar-refractivity contribution is 5.94. The van der Waals surface area contributed by atoms with E-state index in [1.807, 2.05) is 25.1 Å². The van der Waals surface area contributed by atoms with Gasteiger partial charge in [0.05, 0.1) is 18.7 Å². The molecular formula is C19H24N2O3. The number of nitrogens with one attached hydrogen (secondary N) is 1. The van der Waals surface area contributed by atoms with Gasteiger partial charge in [-0.15, -0.1) is 0 Å². The van der Waals surface area contributed by atoms with Gasteiger partial charge in [0, 0.05) is 12.2 Å². The molecule has 1 N–H and O–H groups in total. The first-order valence-electron chi connectivity index (χ1n) is 8.51. The molecule has 5 nitrogen and oxygen atoms in total. The quantitative estimate of drug-likeness (QED) is 0.817. The Morgan fingerprint density at radius 1 is 1.29 bits per heavy atom. The third-order valence-electron chi connectivity index (χ3n) is 4.79. The number of amides is 2. The Labute approximate surface area is 142 Å². The third kappa shape index (κ3) is 3.61. The first-order valence-corrected chi connectivity index (χ1v) is 8.51. The van der Waals surface area contributed by atoms with Crippen LogP contribution in [0.2, 0.25) is 0 Å². The summed E-state index contributed by atoms with van der Waals surface area (Å²) in [6.07, 6.45) is 3.78. The van der Waals surface area contributed by atoms with Crippen LogP contribution in [0.1, 0.15) is 31.7 Å². The Kier molecular flexibility index (Phi) is 4.88. The van der Waals surface area contributed by atoms with Crippen LogP contribution in [-0.4, -0.2) is 36.6 Å². The molecule has 0 spiro atoms.